The van der Waals surface area contributed by atoms with Gasteiger partial charge in [-0.3, -0.25) is 0 Å². The van der Waals surface area contributed by atoms with Crippen LogP contribution in [0.4, 0.5) is 4.79 Å². The van der Waals surface area contributed by atoms with Crippen molar-refractivity contribution in [1.29, 1.82) is 0 Å². The standard InChI is InChI=1S/C20H22N2O5/c1-12(2)27-16-9-5-4-8-15(16)18-17(13(3)21-20(24)22-18)19(23)26-11-14-7-6-10-25-14/h4-10,12,18H,11H2,1-3H3,(H2,21,22,24)/t18-/m1/s1. The molecule has 1 aromatic carbocycles. The van der Waals surface area contributed by atoms with E-state index in [4.69, 9.17) is 13.9 Å². The second-order valence-electron chi connectivity index (χ2n) is 6.43. The van der Waals surface area contributed by atoms with Crippen molar-refractivity contribution in [2.24, 2.45) is 0 Å². The highest BCUT2D eigenvalue weighted by Crippen LogP contribution is 2.34. The van der Waals surface area contributed by atoms with Crippen molar-refractivity contribution < 1.29 is 23.5 Å². The van der Waals surface area contributed by atoms with E-state index in [1.807, 2.05) is 38.1 Å². The molecule has 1 aliphatic heterocycles. The van der Waals surface area contributed by atoms with E-state index in [1.165, 1.54) is 6.26 Å². The Morgan fingerprint density at radius 1 is 1.22 bits per heavy atom. The van der Waals surface area contributed by atoms with Gasteiger partial charge < -0.3 is 24.5 Å². The highest BCUT2D eigenvalue weighted by atomic mass is 16.5. The molecule has 0 saturated carbocycles. The normalized spacial score (nSPS) is 16.7. The van der Waals surface area contributed by atoms with Gasteiger partial charge >= 0.3 is 12.0 Å². The minimum atomic E-state index is -0.683. The van der Waals surface area contributed by atoms with Gasteiger partial charge in [0.25, 0.3) is 0 Å². The number of nitrogens with one attached hydrogen (secondary N) is 2. The largest absolute Gasteiger partial charge is 0.491 e. The molecule has 1 atom stereocenters. The number of allylic oxidation sites excluding steroid dienone is 1. The number of para-hydroxylation sites is 1. The minimum absolute atomic E-state index is 0.00736. The molecule has 0 unspecified atom stereocenters. The zero-order valence-electron chi connectivity index (χ0n) is 15.4. The molecule has 2 heterocycles. The molecule has 7 heteroatoms. The average Bonchev–Trinajstić information content (AvgIpc) is 3.12. The van der Waals surface area contributed by atoms with Crippen LogP contribution in [0.5, 0.6) is 5.75 Å². The molecule has 2 N–H and O–H groups in total. The lowest BCUT2D eigenvalue weighted by atomic mass is 9.95. The summed E-state index contributed by atoms with van der Waals surface area (Å²) >= 11 is 0. The number of urea groups is 1. The fraction of sp³-hybridized carbons (Fsp3) is 0.300. The Labute approximate surface area is 157 Å². The summed E-state index contributed by atoms with van der Waals surface area (Å²) in [4.78, 5) is 24.8. The highest BCUT2D eigenvalue weighted by Gasteiger charge is 2.34. The molecular formula is C20H22N2O5. The quantitative estimate of drug-likeness (QED) is 0.760. The van der Waals surface area contributed by atoms with Crippen LogP contribution in [0.3, 0.4) is 0 Å². The van der Waals surface area contributed by atoms with Crippen LogP contribution in [0.1, 0.15) is 38.1 Å². The van der Waals surface area contributed by atoms with Gasteiger partial charge in [0, 0.05) is 11.3 Å². The summed E-state index contributed by atoms with van der Waals surface area (Å²) in [6.45, 7) is 5.50. The van der Waals surface area contributed by atoms with Crippen LogP contribution in [0.2, 0.25) is 0 Å². The van der Waals surface area contributed by atoms with Gasteiger partial charge in [0.1, 0.15) is 18.1 Å². The lowest BCUT2D eigenvalue weighted by molar-refractivity contribution is -0.141. The van der Waals surface area contributed by atoms with Crippen LogP contribution in [0, 0.1) is 0 Å². The first kappa shape index (κ1) is 18.6. The molecule has 2 amide bonds. The molecule has 0 aliphatic carbocycles. The number of furan rings is 1. The van der Waals surface area contributed by atoms with Crippen molar-refractivity contribution in [3.63, 3.8) is 0 Å². The molecule has 3 rings (SSSR count). The summed E-state index contributed by atoms with van der Waals surface area (Å²) in [6, 6.07) is 9.67. The third kappa shape index (κ3) is 4.31. The Morgan fingerprint density at radius 3 is 2.70 bits per heavy atom. The van der Waals surface area contributed by atoms with E-state index >= 15 is 0 Å². The van der Waals surface area contributed by atoms with E-state index in [-0.39, 0.29) is 18.7 Å². The second kappa shape index (κ2) is 7.99. The monoisotopic (exact) mass is 370 g/mol. The van der Waals surface area contributed by atoms with Crippen LogP contribution < -0.4 is 15.4 Å². The van der Waals surface area contributed by atoms with Crippen molar-refractivity contribution in [3.8, 4) is 5.75 Å². The van der Waals surface area contributed by atoms with E-state index in [2.05, 4.69) is 10.6 Å². The highest BCUT2D eigenvalue weighted by molar-refractivity contribution is 5.95. The summed E-state index contributed by atoms with van der Waals surface area (Å²) in [6.07, 6.45) is 1.46. The third-order valence-electron chi connectivity index (χ3n) is 4.01. The van der Waals surface area contributed by atoms with Crippen LogP contribution in [0.25, 0.3) is 0 Å². The number of rotatable bonds is 6. The van der Waals surface area contributed by atoms with Crippen molar-refractivity contribution >= 4 is 12.0 Å². The number of carbonyl (C=O) groups excluding carboxylic acids is 2. The predicted octanol–water partition coefficient (Wildman–Crippen LogP) is 3.44. The average molecular weight is 370 g/mol. The van der Waals surface area contributed by atoms with Crippen molar-refractivity contribution in [2.45, 2.75) is 39.5 Å². The number of benzene rings is 1. The maximum atomic E-state index is 12.8. The molecule has 0 spiro atoms. The number of esters is 1. The maximum absolute atomic E-state index is 12.8. The van der Waals surface area contributed by atoms with Gasteiger partial charge in [0.05, 0.1) is 24.0 Å². The molecule has 0 fully saturated rings. The first-order valence-electron chi connectivity index (χ1n) is 8.69. The topological polar surface area (TPSA) is 89.8 Å². The summed E-state index contributed by atoms with van der Waals surface area (Å²) < 4.78 is 16.4. The Hall–Kier alpha value is -3.22. The molecule has 27 heavy (non-hydrogen) atoms. The fourth-order valence-electron chi connectivity index (χ4n) is 2.89. The molecule has 0 saturated heterocycles. The maximum Gasteiger partial charge on any atom is 0.338 e. The van der Waals surface area contributed by atoms with E-state index < -0.39 is 12.0 Å². The Bertz CT molecular complexity index is 855. The number of hydrogen-bond donors (Lipinski definition) is 2. The molecule has 1 aliphatic rings. The lowest BCUT2D eigenvalue weighted by Crippen LogP contribution is -2.45. The summed E-state index contributed by atoms with van der Waals surface area (Å²) in [7, 11) is 0. The van der Waals surface area contributed by atoms with Gasteiger partial charge in [0.2, 0.25) is 0 Å². The Morgan fingerprint density at radius 2 is 2.00 bits per heavy atom. The zero-order valence-corrected chi connectivity index (χ0v) is 15.4. The van der Waals surface area contributed by atoms with Crippen molar-refractivity contribution in [3.05, 3.63) is 65.3 Å². The SMILES string of the molecule is CC1=C(C(=O)OCc2ccco2)[C@@H](c2ccccc2OC(C)C)NC(=O)N1. The number of hydrogen-bond acceptors (Lipinski definition) is 5. The number of ether oxygens (including phenoxy) is 2. The Balaban J connectivity index is 1.91. The summed E-state index contributed by atoms with van der Waals surface area (Å²) in [5.74, 6) is 0.596. The molecule has 1 aromatic heterocycles. The Kier molecular flexibility index (Phi) is 5.49. The van der Waals surface area contributed by atoms with E-state index in [0.717, 1.165) is 0 Å². The van der Waals surface area contributed by atoms with E-state index in [9.17, 15) is 9.59 Å². The van der Waals surface area contributed by atoms with Gasteiger partial charge in [-0.15, -0.1) is 0 Å². The predicted molar refractivity (Wildman–Crippen MR) is 97.8 cm³/mol. The molecule has 142 valence electrons. The smallest absolute Gasteiger partial charge is 0.338 e. The van der Waals surface area contributed by atoms with Gasteiger partial charge in [-0.1, -0.05) is 18.2 Å². The van der Waals surface area contributed by atoms with Crippen molar-refractivity contribution in [1.82, 2.24) is 10.6 Å². The third-order valence-corrected chi connectivity index (χ3v) is 4.01. The van der Waals surface area contributed by atoms with Crippen LogP contribution in [-0.2, 0) is 16.1 Å². The van der Waals surface area contributed by atoms with Gasteiger partial charge in [0.15, 0.2) is 0 Å². The fourth-order valence-corrected chi connectivity index (χ4v) is 2.89. The number of carbonyl (C=O) groups is 2. The first-order chi connectivity index (χ1) is 13.0. The summed E-state index contributed by atoms with van der Waals surface area (Å²) in [5, 5.41) is 5.42. The van der Waals surface area contributed by atoms with Crippen LogP contribution in [0.15, 0.2) is 58.3 Å². The zero-order chi connectivity index (χ0) is 19.4. The minimum Gasteiger partial charge on any atom is -0.491 e. The van der Waals surface area contributed by atoms with Crippen molar-refractivity contribution in [2.75, 3.05) is 0 Å². The van der Waals surface area contributed by atoms with E-state index in [1.54, 1.807) is 19.1 Å². The van der Waals surface area contributed by atoms with Crippen LogP contribution in [-0.4, -0.2) is 18.1 Å². The molecule has 0 radical (unpaired) electrons. The van der Waals surface area contributed by atoms with Crippen LogP contribution >= 0.6 is 0 Å². The second-order valence-corrected chi connectivity index (χ2v) is 6.43. The first-order valence-corrected chi connectivity index (χ1v) is 8.69. The number of amides is 2. The molecular weight excluding hydrogens is 348 g/mol. The van der Waals surface area contributed by atoms with Gasteiger partial charge in [-0.05, 0) is 39.0 Å². The molecule has 0 bridgehead atoms. The summed E-state index contributed by atoms with van der Waals surface area (Å²) in [5.41, 5.74) is 1.44. The molecule has 7 nitrogen and oxygen atoms in total. The van der Waals surface area contributed by atoms with Gasteiger partial charge in [-0.25, -0.2) is 9.59 Å². The molecule has 2 aromatic rings. The lowest BCUT2D eigenvalue weighted by Gasteiger charge is -2.29. The van der Waals surface area contributed by atoms with Gasteiger partial charge in [-0.2, -0.15) is 0 Å². The van der Waals surface area contributed by atoms with E-state index in [0.29, 0.717) is 28.3 Å².